The van der Waals surface area contributed by atoms with Crippen molar-refractivity contribution in [1.82, 2.24) is 14.9 Å². The first-order chi connectivity index (χ1) is 17.4. The molecule has 1 aromatic heterocycles. The van der Waals surface area contributed by atoms with E-state index < -0.39 is 36.1 Å². The highest BCUT2D eigenvalue weighted by atomic mass is 19.4. The summed E-state index contributed by atoms with van der Waals surface area (Å²) in [5.74, 6) is -2.25. The van der Waals surface area contributed by atoms with E-state index in [1.54, 1.807) is 4.90 Å². The maximum absolute atomic E-state index is 15.4. The maximum Gasteiger partial charge on any atom is 0.416 e. The molecule has 0 radical (unpaired) electrons. The molecule has 1 saturated carbocycles. The molecule has 1 amide bonds. The molecular weight excluding hydrogens is 468 g/mol. The number of rotatable bonds is 9. The second-order valence-electron chi connectivity index (χ2n) is 8.83. The number of hydrogen-bond donors (Lipinski definition) is 3. The smallest absolute Gasteiger partial charge is 0.391 e. The summed E-state index contributed by atoms with van der Waals surface area (Å²) in [6, 6.07) is 4.73. The van der Waals surface area contributed by atoms with Crippen molar-refractivity contribution in [2.24, 2.45) is 11.7 Å². The van der Waals surface area contributed by atoms with Crippen LogP contribution in [0.3, 0.4) is 0 Å². The van der Waals surface area contributed by atoms with Gasteiger partial charge in [0.15, 0.2) is 11.6 Å². The summed E-state index contributed by atoms with van der Waals surface area (Å²) in [5, 5.41) is 13.4. The lowest BCUT2D eigenvalue weighted by Gasteiger charge is -2.35. The number of aliphatic hydroxyl groups excluding tert-OH is 1. The monoisotopic (exact) mass is 498 g/mol. The van der Waals surface area contributed by atoms with Crippen LogP contribution >= 0.6 is 0 Å². The van der Waals surface area contributed by atoms with Crippen molar-refractivity contribution in [2.45, 2.75) is 44.1 Å². The summed E-state index contributed by atoms with van der Waals surface area (Å²) < 4.78 is 69.7. The lowest BCUT2D eigenvalue weighted by molar-refractivity contribution is -0.137. The molecular formula is C23H28F4N6O2. The fraction of sp³-hybridized carbons (Fsp3) is 0.522. The number of nitrogens with zero attached hydrogens (tertiary/aromatic N) is 4. The van der Waals surface area contributed by atoms with Crippen LogP contribution in [0.25, 0.3) is 0 Å². The molecule has 1 saturated heterocycles. The molecule has 4 rings (SSSR count). The van der Waals surface area contributed by atoms with Gasteiger partial charge < -0.3 is 21.1 Å². The SMILES string of the molecule is [2H]C([2H])(C(N)=O)N1CCC(CNc2ncnc(N(Cc3ccc(C(F)(F)F)cc3)C3CC3)c2F)C(O)C1. The molecule has 190 valence electrons. The van der Waals surface area contributed by atoms with Crippen molar-refractivity contribution in [1.29, 1.82) is 0 Å². The second kappa shape index (κ2) is 10.3. The number of carbonyl (C=O) groups is 1. The van der Waals surface area contributed by atoms with E-state index in [2.05, 4.69) is 15.3 Å². The van der Waals surface area contributed by atoms with E-state index in [1.807, 2.05) is 0 Å². The Hall–Kier alpha value is -2.99. The highest BCUT2D eigenvalue weighted by molar-refractivity contribution is 5.75. The molecule has 2 unspecified atom stereocenters. The van der Waals surface area contributed by atoms with Crippen LogP contribution < -0.4 is 16.0 Å². The third kappa shape index (κ3) is 6.37. The normalized spacial score (nSPS) is 22.3. The molecule has 8 nitrogen and oxygen atoms in total. The fourth-order valence-electron chi connectivity index (χ4n) is 4.15. The number of piperidine rings is 1. The number of halogens is 4. The highest BCUT2D eigenvalue weighted by Gasteiger charge is 2.34. The quantitative estimate of drug-likeness (QED) is 0.456. The van der Waals surface area contributed by atoms with Gasteiger partial charge in [0, 0.05) is 31.6 Å². The molecule has 2 atom stereocenters. The highest BCUT2D eigenvalue weighted by Crippen LogP contribution is 2.35. The molecule has 2 heterocycles. The van der Waals surface area contributed by atoms with Gasteiger partial charge in [0.2, 0.25) is 11.7 Å². The number of primary amides is 1. The minimum atomic E-state index is -4.44. The van der Waals surface area contributed by atoms with Crippen LogP contribution in [0.4, 0.5) is 29.2 Å². The standard InChI is InChI=1S/C23H28F4N6O2/c24-20-21(29-9-15-7-8-32(11-18(15)34)12-19(28)35)30-13-31-22(20)33(17-5-6-17)10-14-1-3-16(4-2-14)23(25,26)27/h1-4,13,15,17-18,34H,5-12H2,(H2,28,35)(H,29,30,31)/i12D2. The molecule has 2 aliphatic rings. The van der Waals surface area contributed by atoms with Gasteiger partial charge in [0.25, 0.3) is 0 Å². The summed E-state index contributed by atoms with van der Waals surface area (Å²) in [4.78, 5) is 22.3. The van der Waals surface area contributed by atoms with E-state index in [-0.39, 0.29) is 49.8 Å². The van der Waals surface area contributed by atoms with E-state index >= 15 is 4.39 Å². The van der Waals surface area contributed by atoms with Gasteiger partial charge in [-0.3, -0.25) is 9.69 Å². The molecule has 35 heavy (non-hydrogen) atoms. The first kappa shape index (κ1) is 22.5. The zero-order chi connectivity index (χ0) is 27.0. The third-order valence-corrected chi connectivity index (χ3v) is 6.19. The molecule has 4 N–H and O–H groups in total. The minimum Gasteiger partial charge on any atom is -0.391 e. The number of aliphatic hydroxyl groups is 1. The van der Waals surface area contributed by atoms with Gasteiger partial charge in [-0.2, -0.15) is 17.6 Å². The number of nitrogens with one attached hydrogen (secondary N) is 1. The Labute approximate surface area is 202 Å². The van der Waals surface area contributed by atoms with Crippen LogP contribution in [0.5, 0.6) is 0 Å². The number of alkyl halides is 3. The van der Waals surface area contributed by atoms with Crippen molar-refractivity contribution in [3.63, 3.8) is 0 Å². The summed E-state index contributed by atoms with van der Waals surface area (Å²) in [6.07, 6.45) is -2.28. The molecule has 1 aromatic carbocycles. The summed E-state index contributed by atoms with van der Waals surface area (Å²) >= 11 is 0. The summed E-state index contributed by atoms with van der Waals surface area (Å²) in [7, 11) is 0. The third-order valence-electron chi connectivity index (χ3n) is 6.19. The van der Waals surface area contributed by atoms with Crippen molar-refractivity contribution >= 4 is 17.5 Å². The number of benzene rings is 1. The Bertz CT molecular complexity index is 1120. The van der Waals surface area contributed by atoms with E-state index in [0.717, 1.165) is 25.0 Å². The predicted molar refractivity (Wildman–Crippen MR) is 121 cm³/mol. The lowest BCUT2D eigenvalue weighted by Crippen LogP contribution is -2.48. The van der Waals surface area contributed by atoms with Gasteiger partial charge >= 0.3 is 6.18 Å². The van der Waals surface area contributed by atoms with E-state index in [4.69, 9.17) is 8.48 Å². The Kier molecular flexibility index (Phi) is 6.63. The number of nitrogens with two attached hydrogens (primary N) is 1. The lowest BCUT2D eigenvalue weighted by atomic mass is 9.93. The predicted octanol–water partition coefficient (Wildman–Crippen LogP) is 2.38. The van der Waals surface area contributed by atoms with Gasteiger partial charge in [0.1, 0.15) is 6.33 Å². The Balaban J connectivity index is 1.43. The van der Waals surface area contributed by atoms with Gasteiger partial charge in [-0.15, -0.1) is 0 Å². The van der Waals surface area contributed by atoms with E-state index in [0.29, 0.717) is 12.0 Å². The van der Waals surface area contributed by atoms with Crippen LogP contribution in [0.15, 0.2) is 30.6 Å². The van der Waals surface area contributed by atoms with Crippen LogP contribution in [-0.4, -0.2) is 64.2 Å². The van der Waals surface area contributed by atoms with E-state index in [1.165, 1.54) is 23.4 Å². The van der Waals surface area contributed by atoms with Gasteiger partial charge in [0.05, 0.1) is 20.9 Å². The number of carbonyl (C=O) groups excluding carboxylic acids is 1. The van der Waals surface area contributed by atoms with Crippen molar-refractivity contribution in [3.8, 4) is 0 Å². The van der Waals surface area contributed by atoms with Crippen LogP contribution in [0.2, 0.25) is 0 Å². The van der Waals surface area contributed by atoms with Crippen LogP contribution in [0.1, 0.15) is 33.1 Å². The van der Waals surface area contributed by atoms with Crippen LogP contribution in [-0.2, 0) is 17.5 Å². The average Bonchev–Trinajstić information content (AvgIpc) is 3.68. The Morgan fingerprint density at radius 1 is 1.26 bits per heavy atom. The first-order valence-electron chi connectivity index (χ1n) is 12.3. The topological polar surface area (TPSA) is 108 Å². The maximum atomic E-state index is 15.4. The number of likely N-dealkylation sites (tertiary alicyclic amines) is 1. The number of aromatic nitrogens is 2. The molecule has 0 spiro atoms. The second-order valence-corrected chi connectivity index (χ2v) is 8.83. The minimum absolute atomic E-state index is 0.00552. The number of hydrogen-bond acceptors (Lipinski definition) is 7. The largest absolute Gasteiger partial charge is 0.416 e. The van der Waals surface area contributed by atoms with E-state index in [9.17, 15) is 23.1 Å². The molecule has 0 bridgehead atoms. The van der Waals surface area contributed by atoms with Gasteiger partial charge in [-0.1, -0.05) is 12.1 Å². The molecule has 1 aliphatic carbocycles. The van der Waals surface area contributed by atoms with Crippen LogP contribution in [0, 0.1) is 11.7 Å². The summed E-state index contributed by atoms with van der Waals surface area (Å²) in [5.41, 5.74) is 4.94. The van der Waals surface area contributed by atoms with Gasteiger partial charge in [-0.05, 0) is 43.5 Å². The first-order valence-corrected chi connectivity index (χ1v) is 11.3. The van der Waals surface area contributed by atoms with Gasteiger partial charge in [-0.25, -0.2) is 9.97 Å². The van der Waals surface area contributed by atoms with Crippen molar-refractivity contribution in [2.75, 3.05) is 36.3 Å². The molecule has 12 heteroatoms. The Morgan fingerprint density at radius 2 is 1.97 bits per heavy atom. The van der Waals surface area contributed by atoms with Crippen molar-refractivity contribution in [3.05, 3.63) is 47.5 Å². The summed E-state index contributed by atoms with van der Waals surface area (Å²) in [6.45, 7) is -1.99. The zero-order valence-electron chi connectivity index (χ0n) is 20.8. The Morgan fingerprint density at radius 3 is 2.57 bits per heavy atom. The molecule has 2 fully saturated rings. The number of amides is 1. The average molecular weight is 499 g/mol. The molecule has 2 aromatic rings. The zero-order valence-corrected chi connectivity index (χ0v) is 18.8. The van der Waals surface area contributed by atoms with Crippen molar-refractivity contribution < 1.29 is 30.2 Å². The number of β-amino-alcohol motifs (C(OH)–C–C–N with tert-alkyl or cyclic N) is 1. The molecule has 1 aliphatic heterocycles. The fourth-order valence-corrected chi connectivity index (χ4v) is 4.15. The number of anilines is 2.